The zero-order valence-corrected chi connectivity index (χ0v) is 8.93. The molecule has 1 aromatic rings. The first-order valence-electron chi connectivity index (χ1n) is 5.68. The van der Waals surface area contributed by atoms with Gasteiger partial charge in [-0.2, -0.15) is 0 Å². The molecule has 1 fully saturated rings. The molecule has 1 N–H and O–H groups in total. The van der Waals surface area contributed by atoms with Gasteiger partial charge in [-0.15, -0.1) is 0 Å². The fourth-order valence-corrected chi connectivity index (χ4v) is 2.14. The van der Waals surface area contributed by atoms with Gasteiger partial charge in [0.05, 0.1) is 18.8 Å². The molecule has 1 aliphatic rings. The molecule has 2 nitrogen and oxygen atoms in total. The van der Waals surface area contributed by atoms with Gasteiger partial charge in [-0.05, 0) is 31.2 Å². The Morgan fingerprint density at radius 3 is 2.60 bits per heavy atom. The first-order valence-corrected chi connectivity index (χ1v) is 5.68. The van der Waals surface area contributed by atoms with Crippen LogP contribution >= 0.6 is 0 Å². The Labute approximate surface area is 90.9 Å². The van der Waals surface area contributed by atoms with Gasteiger partial charge < -0.3 is 9.84 Å². The third-order valence-corrected chi connectivity index (χ3v) is 2.95. The van der Waals surface area contributed by atoms with Crippen molar-refractivity contribution in [2.24, 2.45) is 0 Å². The predicted octanol–water partition coefficient (Wildman–Crippen LogP) is 2.16. The molecule has 0 bridgehead atoms. The maximum absolute atomic E-state index is 9.05. The van der Waals surface area contributed by atoms with Crippen molar-refractivity contribution in [3.8, 4) is 0 Å². The molecule has 1 aromatic carbocycles. The predicted molar refractivity (Wildman–Crippen MR) is 59.7 cm³/mol. The Morgan fingerprint density at radius 2 is 1.87 bits per heavy atom. The third-order valence-electron chi connectivity index (χ3n) is 2.95. The van der Waals surface area contributed by atoms with Gasteiger partial charge in [-0.3, -0.25) is 0 Å². The zero-order chi connectivity index (χ0) is 10.5. The molecule has 2 atom stereocenters. The van der Waals surface area contributed by atoms with E-state index in [-0.39, 0.29) is 12.7 Å². The van der Waals surface area contributed by atoms with Gasteiger partial charge in [-0.25, -0.2) is 0 Å². The van der Waals surface area contributed by atoms with Crippen LogP contribution in [0.1, 0.15) is 24.8 Å². The highest BCUT2D eigenvalue weighted by Crippen LogP contribution is 2.21. The number of ether oxygens (including phenoxy) is 1. The van der Waals surface area contributed by atoms with E-state index in [1.54, 1.807) is 0 Å². The highest BCUT2D eigenvalue weighted by molar-refractivity contribution is 5.15. The summed E-state index contributed by atoms with van der Waals surface area (Å²) in [4.78, 5) is 0. The Hall–Kier alpha value is -0.860. The van der Waals surface area contributed by atoms with Crippen LogP contribution in [0.25, 0.3) is 0 Å². The lowest BCUT2D eigenvalue weighted by Gasteiger charge is -2.29. The molecule has 2 heteroatoms. The SMILES string of the molecule is OC[C@@H]1CCC[C@H](Cc2ccccc2)O1. The van der Waals surface area contributed by atoms with E-state index in [2.05, 4.69) is 24.3 Å². The zero-order valence-electron chi connectivity index (χ0n) is 8.93. The van der Waals surface area contributed by atoms with Crippen LogP contribution < -0.4 is 0 Å². The molecule has 1 saturated heterocycles. The fourth-order valence-electron chi connectivity index (χ4n) is 2.14. The molecule has 0 radical (unpaired) electrons. The topological polar surface area (TPSA) is 29.5 Å². The van der Waals surface area contributed by atoms with E-state index >= 15 is 0 Å². The van der Waals surface area contributed by atoms with E-state index in [0.717, 1.165) is 19.3 Å². The minimum Gasteiger partial charge on any atom is -0.394 e. The van der Waals surface area contributed by atoms with Crippen molar-refractivity contribution in [1.29, 1.82) is 0 Å². The normalized spacial score (nSPS) is 26.5. The molecule has 1 heterocycles. The average molecular weight is 206 g/mol. The van der Waals surface area contributed by atoms with Crippen molar-refractivity contribution in [2.45, 2.75) is 37.9 Å². The van der Waals surface area contributed by atoms with Gasteiger partial charge >= 0.3 is 0 Å². The van der Waals surface area contributed by atoms with Crippen LogP contribution in [0, 0.1) is 0 Å². The molecule has 1 aliphatic heterocycles. The van der Waals surface area contributed by atoms with Gasteiger partial charge in [-0.1, -0.05) is 30.3 Å². The van der Waals surface area contributed by atoms with Crippen molar-refractivity contribution in [1.82, 2.24) is 0 Å². The first kappa shape index (κ1) is 10.7. The summed E-state index contributed by atoms with van der Waals surface area (Å²) in [5, 5.41) is 9.05. The molecule has 15 heavy (non-hydrogen) atoms. The lowest BCUT2D eigenvalue weighted by atomic mass is 9.99. The van der Waals surface area contributed by atoms with Crippen LogP contribution in [-0.2, 0) is 11.2 Å². The maximum atomic E-state index is 9.05. The molecule has 0 spiro atoms. The van der Waals surface area contributed by atoms with Crippen molar-refractivity contribution in [3.63, 3.8) is 0 Å². The number of hydrogen-bond donors (Lipinski definition) is 1. The molecule has 2 rings (SSSR count). The Morgan fingerprint density at radius 1 is 1.13 bits per heavy atom. The molecule has 0 amide bonds. The highest BCUT2D eigenvalue weighted by Gasteiger charge is 2.21. The second-order valence-corrected chi connectivity index (χ2v) is 4.18. The maximum Gasteiger partial charge on any atom is 0.0809 e. The van der Waals surface area contributed by atoms with E-state index in [9.17, 15) is 0 Å². The van der Waals surface area contributed by atoms with Crippen molar-refractivity contribution < 1.29 is 9.84 Å². The van der Waals surface area contributed by atoms with E-state index < -0.39 is 0 Å². The molecule has 0 aliphatic carbocycles. The highest BCUT2D eigenvalue weighted by atomic mass is 16.5. The third kappa shape index (κ3) is 3.05. The van der Waals surface area contributed by atoms with Crippen molar-refractivity contribution in [2.75, 3.05) is 6.61 Å². The lowest BCUT2D eigenvalue weighted by Crippen LogP contribution is -2.31. The summed E-state index contributed by atoms with van der Waals surface area (Å²) in [6.45, 7) is 0.158. The number of hydrogen-bond acceptors (Lipinski definition) is 2. The van der Waals surface area contributed by atoms with Crippen LogP contribution in [0.2, 0.25) is 0 Å². The summed E-state index contributed by atoms with van der Waals surface area (Å²) in [6, 6.07) is 10.4. The van der Waals surface area contributed by atoms with Gasteiger partial charge in [0.1, 0.15) is 0 Å². The van der Waals surface area contributed by atoms with Gasteiger partial charge in [0.25, 0.3) is 0 Å². The van der Waals surface area contributed by atoms with Crippen molar-refractivity contribution in [3.05, 3.63) is 35.9 Å². The number of rotatable bonds is 3. The summed E-state index contributed by atoms with van der Waals surface area (Å²) in [5.41, 5.74) is 1.32. The molecule has 82 valence electrons. The van der Waals surface area contributed by atoms with Crippen LogP contribution in [0.15, 0.2) is 30.3 Å². The quantitative estimate of drug-likeness (QED) is 0.821. The summed E-state index contributed by atoms with van der Waals surface area (Å²) in [7, 11) is 0. The minimum atomic E-state index is 0.0625. The average Bonchev–Trinajstić information content (AvgIpc) is 2.31. The van der Waals surface area contributed by atoms with Crippen LogP contribution in [-0.4, -0.2) is 23.9 Å². The summed E-state index contributed by atoms with van der Waals surface area (Å²) >= 11 is 0. The largest absolute Gasteiger partial charge is 0.394 e. The monoisotopic (exact) mass is 206 g/mol. The molecule has 0 saturated carbocycles. The van der Waals surface area contributed by atoms with Gasteiger partial charge in [0.2, 0.25) is 0 Å². The summed E-state index contributed by atoms with van der Waals surface area (Å²) in [5.74, 6) is 0. The summed E-state index contributed by atoms with van der Waals surface area (Å²) in [6.07, 6.45) is 4.61. The van der Waals surface area contributed by atoms with E-state index in [1.807, 2.05) is 6.07 Å². The molecular weight excluding hydrogens is 188 g/mol. The van der Waals surface area contributed by atoms with Crippen LogP contribution in [0.5, 0.6) is 0 Å². The molecular formula is C13H18O2. The van der Waals surface area contributed by atoms with E-state index in [0.29, 0.717) is 6.10 Å². The van der Waals surface area contributed by atoms with Gasteiger partial charge in [0.15, 0.2) is 0 Å². The lowest BCUT2D eigenvalue weighted by molar-refractivity contribution is -0.0709. The molecule has 0 unspecified atom stereocenters. The van der Waals surface area contributed by atoms with E-state index in [1.165, 1.54) is 12.0 Å². The Bertz CT molecular complexity index is 284. The van der Waals surface area contributed by atoms with Gasteiger partial charge in [0, 0.05) is 0 Å². The van der Waals surface area contributed by atoms with Crippen LogP contribution in [0.4, 0.5) is 0 Å². The first-order chi connectivity index (χ1) is 7.38. The number of benzene rings is 1. The second-order valence-electron chi connectivity index (χ2n) is 4.18. The number of aliphatic hydroxyl groups is 1. The minimum absolute atomic E-state index is 0.0625. The fraction of sp³-hybridized carbons (Fsp3) is 0.538. The van der Waals surface area contributed by atoms with Crippen LogP contribution in [0.3, 0.4) is 0 Å². The Kier molecular flexibility index (Phi) is 3.75. The standard InChI is InChI=1S/C13H18O2/c14-10-13-8-4-7-12(15-13)9-11-5-2-1-3-6-11/h1-3,5-6,12-14H,4,7-10H2/t12-,13+/m1/s1. The van der Waals surface area contributed by atoms with E-state index in [4.69, 9.17) is 9.84 Å². The number of aliphatic hydroxyl groups excluding tert-OH is 1. The smallest absolute Gasteiger partial charge is 0.0809 e. The Balaban J connectivity index is 1.89. The molecule has 0 aromatic heterocycles. The summed E-state index contributed by atoms with van der Waals surface area (Å²) < 4.78 is 5.79. The second kappa shape index (κ2) is 5.29. The van der Waals surface area contributed by atoms with Crippen molar-refractivity contribution >= 4 is 0 Å².